The number of carboxylic acid groups (broad SMARTS) is 2. The van der Waals surface area contributed by atoms with Crippen molar-refractivity contribution in [3.63, 3.8) is 0 Å². The van der Waals surface area contributed by atoms with E-state index in [1.54, 1.807) is 11.3 Å². The van der Waals surface area contributed by atoms with Crippen LogP contribution in [-0.2, 0) is 35.8 Å². The average Bonchev–Trinajstić information content (AvgIpc) is 3.49. The van der Waals surface area contributed by atoms with Gasteiger partial charge in [-0.1, -0.05) is 0 Å². The molecule has 9 nitrogen and oxygen atoms in total. The van der Waals surface area contributed by atoms with Crippen molar-refractivity contribution in [3.05, 3.63) is 34.3 Å². The number of likely N-dealkylation sites (tertiary alicyclic amines) is 1. The van der Waals surface area contributed by atoms with Crippen LogP contribution in [0.4, 0.5) is 26.3 Å². The first-order chi connectivity index (χ1) is 16.3. The maximum Gasteiger partial charge on any atom is 0.490 e. The lowest BCUT2D eigenvalue weighted by atomic mass is 10.3. The third-order valence-electron chi connectivity index (χ3n) is 4.84. The number of thiazole rings is 1. The topological polar surface area (TPSA) is 112 Å². The summed E-state index contributed by atoms with van der Waals surface area (Å²) in [7, 11) is 0. The van der Waals surface area contributed by atoms with Gasteiger partial charge in [0.1, 0.15) is 10.8 Å². The number of hydrogen-bond acceptors (Lipinski definition) is 7. The largest absolute Gasteiger partial charge is 0.490 e. The quantitative estimate of drug-likeness (QED) is 0.579. The van der Waals surface area contributed by atoms with Crippen LogP contribution < -0.4 is 0 Å². The molecule has 4 heterocycles. The predicted molar refractivity (Wildman–Crippen MR) is 110 cm³/mol. The molecule has 1 saturated heterocycles. The van der Waals surface area contributed by atoms with Gasteiger partial charge in [-0.05, 0) is 25.9 Å². The van der Waals surface area contributed by atoms with Crippen molar-refractivity contribution in [2.75, 3.05) is 19.6 Å². The summed E-state index contributed by atoms with van der Waals surface area (Å²) in [5.74, 6) is -4.30. The van der Waals surface area contributed by atoms with E-state index < -0.39 is 24.3 Å². The van der Waals surface area contributed by atoms with Crippen LogP contribution in [0.5, 0.6) is 0 Å². The van der Waals surface area contributed by atoms with Crippen LogP contribution in [0.15, 0.2) is 17.8 Å². The van der Waals surface area contributed by atoms with Crippen molar-refractivity contribution in [1.29, 1.82) is 0 Å². The second kappa shape index (κ2) is 12.3. The monoisotopic (exact) mass is 531 g/mol. The SMILES string of the molecule is O=C(O)C(F)(F)F.O=C(O)C(F)(F)F.c1csc(CN2CCn3cc(CN4CCCC4)nc3C2)n1. The second-order valence-electron chi connectivity index (χ2n) is 7.57. The molecule has 16 heteroatoms. The zero-order valence-corrected chi connectivity index (χ0v) is 19.0. The van der Waals surface area contributed by atoms with Crippen LogP contribution in [-0.4, -0.2) is 78.5 Å². The van der Waals surface area contributed by atoms with Gasteiger partial charge in [0, 0.05) is 37.4 Å². The maximum absolute atomic E-state index is 10.6. The Labute approximate surface area is 199 Å². The second-order valence-corrected chi connectivity index (χ2v) is 8.55. The lowest BCUT2D eigenvalue weighted by Crippen LogP contribution is -2.33. The molecule has 35 heavy (non-hydrogen) atoms. The molecule has 2 aliphatic heterocycles. The van der Waals surface area contributed by atoms with E-state index in [1.807, 2.05) is 11.6 Å². The van der Waals surface area contributed by atoms with Crippen molar-refractivity contribution in [2.24, 2.45) is 0 Å². The molecule has 196 valence electrons. The molecule has 2 aromatic heterocycles. The summed E-state index contributed by atoms with van der Waals surface area (Å²) < 4.78 is 65.8. The summed E-state index contributed by atoms with van der Waals surface area (Å²) in [6.45, 7) is 7.52. The highest BCUT2D eigenvalue weighted by molar-refractivity contribution is 7.09. The predicted octanol–water partition coefficient (Wildman–Crippen LogP) is 3.22. The molecule has 0 aromatic carbocycles. The standard InChI is InChI=1S/C15H21N5S.2C2HF3O2/c1-2-5-18(4-1)9-13-10-20-7-6-19(11-14(20)17-13)12-15-16-3-8-21-15;2*3-2(4,5)1(6)7/h3,8,10H,1-2,4-7,9,11-12H2;2*(H,6,7). The van der Waals surface area contributed by atoms with Crippen molar-refractivity contribution >= 4 is 23.3 Å². The molecular formula is C19H23F6N5O4S. The molecule has 0 unspecified atom stereocenters. The zero-order chi connectivity index (χ0) is 26.2. The number of rotatable bonds is 4. The molecular weight excluding hydrogens is 508 g/mol. The van der Waals surface area contributed by atoms with Crippen LogP contribution >= 0.6 is 11.3 Å². The van der Waals surface area contributed by atoms with E-state index in [1.165, 1.54) is 42.5 Å². The normalized spacial score (nSPS) is 16.5. The summed E-state index contributed by atoms with van der Waals surface area (Å²) in [5, 5.41) is 17.5. The summed E-state index contributed by atoms with van der Waals surface area (Å²) in [5.41, 5.74) is 1.24. The van der Waals surface area contributed by atoms with E-state index in [2.05, 4.69) is 25.5 Å². The van der Waals surface area contributed by atoms with Crippen LogP contribution in [0.3, 0.4) is 0 Å². The fraction of sp³-hybridized carbons (Fsp3) is 0.579. The van der Waals surface area contributed by atoms with Gasteiger partial charge in [-0.3, -0.25) is 9.80 Å². The molecule has 0 radical (unpaired) electrons. The lowest BCUT2D eigenvalue weighted by Gasteiger charge is -2.26. The Bertz CT molecular complexity index is 934. The highest BCUT2D eigenvalue weighted by Gasteiger charge is 2.38. The molecule has 0 saturated carbocycles. The summed E-state index contributed by atoms with van der Waals surface area (Å²) in [6.07, 6.45) is -3.34. The summed E-state index contributed by atoms with van der Waals surface area (Å²) >= 11 is 1.74. The van der Waals surface area contributed by atoms with Gasteiger partial charge in [-0.2, -0.15) is 26.3 Å². The Morgan fingerprint density at radius 2 is 1.49 bits per heavy atom. The molecule has 4 rings (SSSR count). The van der Waals surface area contributed by atoms with Gasteiger partial charge in [0.15, 0.2) is 0 Å². The minimum absolute atomic E-state index is 0.944. The van der Waals surface area contributed by atoms with Crippen molar-refractivity contribution < 1.29 is 46.1 Å². The lowest BCUT2D eigenvalue weighted by molar-refractivity contribution is -0.193. The van der Waals surface area contributed by atoms with Gasteiger partial charge in [-0.15, -0.1) is 11.3 Å². The zero-order valence-electron chi connectivity index (χ0n) is 18.2. The van der Waals surface area contributed by atoms with E-state index in [9.17, 15) is 26.3 Å². The van der Waals surface area contributed by atoms with Crippen LogP contribution in [0.2, 0.25) is 0 Å². The molecule has 0 spiro atoms. The van der Waals surface area contributed by atoms with Crippen molar-refractivity contribution in [2.45, 2.75) is 51.4 Å². The molecule has 1 fully saturated rings. The maximum atomic E-state index is 10.6. The number of aromatic nitrogens is 3. The number of alkyl halides is 6. The summed E-state index contributed by atoms with van der Waals surface area (Å²) in [4.78, 5) is 32.0. The van der Waals surface area contributed by atoms with Gasteiger partial charge in [-0.25, -0.2) is 19.6 Å². The Morgan fingerprint density at radius 3 is 1.97 bits per heavy atom. The van der Waals surface area contributed by atoms with E-state index in [-0.39, 0.29) is 0 Å². The number of carboxylic acids is 2. The smallest absolute Gasteiger partial charge is 0.475 e. The minimum atomic E-state index is -5.08. The highest BCUT2D eigenvalue weighted by Crippen LogP contribution is 2.19. The Balaban J connectivity index is 0.000000257. The van der Waals surface area contributed by atoms with Gasteiger partial charge < -0.3 is 14.8 Å². The number of hydrogen-bond donors (Lipinski definition) is 2. The number of carbonyl (C=O) groups is 2. The van der Waals surface area contributed by atoms with Crippen LogP contribution in [0.25, 0.3) is 0 Å². The minimum Gasteiger partial charge on any atom is -0.475 e. The Kier molecular flexibility index (Phi) is 10.0. The van der Waals surface area contributed by atoms with Crippen LogP contribution in [0, 0.1) is 0 Å². The molecule has 2 N–H and O–H groups in total. The summed E-state index contributed by atoms with van der Waals surface area (Å²) in [6, 6.07) is 0. The molecule has 0 amide bonds. The molecule has 0 atom stereocenters. The highest BCUT2D eigenvalue weighted by atomic mass is 32.1. The van der Waals surface area contributed by atoms with Gasteiger partial charge in [0.25, 0.3) is 0 Å². The van der Waals surface area contributed by atoms with E-state index in [0.717, 1.165) is 32.7 Å². The third-order valence-corrected chi connectivity index (χ3v) is 5.61. The van der Waals surface area contributed by atoms with E-state index in [4.69, 9.17) is 24.8 Å². The molecule has 0 aliphatic carbocycles. The number of aliphatic carboxylic acids is 2. The van der Waals surface area contributed by atoms with E-state index in [0.29, 0.717) is 0 Å². The molecule has 2 aromatic rings. The van der Waals surface area contributed by atoms with Gasteiger partial charge >= 0.3 is 24.3 Å². The third kappa shape index (κ3) is 9.81. The molecule has 2 aliphatic rings. The Morgan fingerprint density at radius 1 is 0.914 bits per heavy atom. The molecule has 0 bridgehead atoms. The van der Waals surface area contributed by atoms with Gasteiger partial charge in [0.2, 0.25) is 0 Å². The first-order valence-electron chi connectivity index (χ1n) is 10.2. The van der Waals surface area contributed by atoms with E-state index >= 15 is 0 Å². The first-order valence-corrected chi connectivity index (χ1v) is 11.1. The first kappa shape index (κ1) is 28.5. The number of nitrogens with zero attached hydrogens (tertiary/aromatic N) is 5. The Hall–Kier alpha value is -2.72. The number of halogens is 6. The fourth-order valence-corrected chi connectivity index (χ4v) is 3.92. The van der Waals surface area contributed by atoms with Crippen molar-refractivity contribution in [1.82, 2.24) is 24.3 Å². The van der Waals surface area contributed by atoms with Crippen molar-refractivity contribution in [3.8, 4) is 0 Å². The average molecular weight is 531 g/mol. The van der Waals surface area contributed by atoms with Crippen LogP contribution in [0.1, 0.15) is 29.4 Å². The van der Waals surface area contributed by atoms with Gasteiger partial charge in [0.05, 0.1) is 18.8 Å². The fourth-order valence-electron chi connectivity index (χ4n) is 3.26. The number of imidazole rings is 1. The number of fused-ring (bicyclic) bond motifs is 1.